The summed E-state index contributed by atoms with van der Waals surface area (Å²) in [6.45, 7) is 5.54. The van der Waals surface area contributed by atoms with Gasteiger partial charge < -0.3 is 24.1 Å². The monoisotopic (exact) mass is 507 g/mol. The summed E-state index contributed by atoms with van der Waals surface area (Å²) in [5.74, 6) is -1.87. The number of aliphatic hydroxyl groups excluding tert-OH is 1. The van der Waals surface area contributed by atoms with Gasteiger partial charge in [0.2, 0.25) is 0 Å². The van der Waals surface area contributed by atoms with E-state index in [-0.39, 0.29) is 6.61 Å². The van der Waals surface area contributed by atoms with Crippen LogP contribution in [-0.4, -0.2) is 77.2 Å². The maximum Gasteiger partial charge on any atom is 0.406 e. The smallest absolute Gasteiger partial charge is 0.406 e. The molecular formula is C19H30N3O11P. The highest BCUT2D eigenvalue weighted by atomic mass is 31.2. The number of aromatic amines is 1. The normalized spacial score (nSPS) is 28.4. The number of ether oxygens (including phenoxy) is 4. The second-order valence-electron chi connectivity index (χ2n) is 8.48. The van der Waals surface area contributed by atoms with Crippen LogP contribution >= 0.6 is 7.75 Å². The fourth-order valence-corrected chi connectivity index (χ4v) is 5.36. The Balaban J connectivity index is 1.82. The molecule has 2 fully saturated rings. The van der Waals surface area contributed by atoms with Crippen molar-refractivity contribution in [3.05, 3.63) is 33.1 Å². The number of hydrogen-bond donors (Lipinski definition) is 3. The molecule has 0 saturated carbocycles. The summed E-state index contributed by atoms with van der Waals surface area (Å²) in [6, 6.07) is -0.189. The van der Waals surface area contributed by atoms with E-state index in [4.69, 9.17) is 23.3 Å². The standard InChI is InChI=1S/C19H30N3O11P/c1-10(2)33-34(27,21-11(8-23)17(25)28-5)29-9-12-14-15(32-19(3,4)31-14)16(30-12)22-7-6-13(24)20-18(22)26/h6-7,10-12,14-16,23H,8-9H2,1-5H3,(H,21,27)(H,20,24,26)/t11-,12+,14+,15+,16+,34?/m0/s1. The molecule has 0 aromatic carbocycles. The third-order valence-corrected chi connectivity index (χ3v) is 6.81. The van der Waals surface area contributed by atoms with E-state index in [1.807, 2.05) is 0 Å². The largest absolute Gasteiger partial charge is 0.468 e. The molecule has 0 amide bonds. The molecule has 3 N–H and O–H groups in total. The Morgan fingerprint density at radius 3 is 2.59 bits per heavy atom. The van der Waals surface area contributed by atoms with Crippen molar-refractivity contribution in [1.29, 1.82) is 0 Å². The topological polar surface area (TPSA) is 177 Å². The molecule has 0 aliphatic carbocycles. The first-order valence-corrected chi connectivity index (χ1v) is 12.1. The van der Waals surface area contributed by atoms with Gasteiger partial charge in [0.15, 0.2) is 12.0 Å². The van der Waals surface area contributed by atoms with Gasteiger partial charge in [0, 0.05) is 12.3 Å². The van der Waals surface area contributed by atoms with E-state index in [2.05, 4.69) is 14.8 Å². The molecule has 2 aliphatic heterocycles. The molecule has 14 nitrogen and oxygen atoms in total. The molecule has 34 heavy (non-hydrogen) atoms. The Bertz CT molecular complexity index is 1040. The van der Waals surface area contributed by atoms with Crippen LogP contribution in [-0.2, 0) is 37.4 Å². The summed E-state index contributed by atoms with van der Waals surface area (Å²) in [6.07, 6.45) is -2.59. The van der Waals surface area contributed by atoms with Crippen molar-refractivity contribution in [2.45, 2.75) is 70.2 Å². The minimum absolute atomic E-state index is 0.342. The highest BCUT2D eigenvalue weighted by molar-refractivity contribution is 7.51. The molecule has 0 spiro atoms. The Morgan fingerprint density at radius 2 is 2.00 bits per heavy atom. The number of carbonyl (C=O) groups is 1. The quantitative estimate of drug-likeness (QED) is 0.277. The summed E-state index contributed by atoms with van der Waals surface area (Å²) >= 11 is 0. The summed E-state index contributed by atoms with van der Waals surface area (Å²) in [5.41, 5.74) is -1.27. The van der Waals surface area contributed by atoms with E-state index in [0.29, 0.717) is 0 Å². The zero-order chi connectivity index (χ0) is 25.3. The van der Waals surface area contributed by atoms with Crippen molar-refractivity contribution in [3.63, 3.8) is 0 Å². The molecule has 1 unspecified atom stereocenters. The van der Waals surface area contributed by atoms with Gasteiger partial charge in [-0.3, -0.25) is 28.2 Å². The van der Waals surface area contributed by atoms with Crippen molar-refractivity contribution in [1.82, 2.24) is 14.6 Å². The van der Waals surface area contributed by atoms with Gasteiger partial charge in [0.1, 0.15) is 24.4 Å². The van der Waals surface area contributed by atoms with Crippen LogP contribution in [0.4, 0.5) is 0 Å². The SMILES string of the molecule is COC(=O)[C@H](CO)NP(=O)(OC[C@H]1O[C@@H](n2ccc(=O)[nH]c2=O)[C@@H]2OC(C)(C)O[C@@H]21)OC(C)C. The van der Waals surface area contributed by atoms with E-state index >= 15 is 0 Å². The summed E-state index contributed by atoms with van der Waals surface area (Å²) in [4.78, 5) is 37.8. The predicted molar refractivity (Wildman–Crippen MR) is 115 cm³/mol. The van der Waals surface area contributed by atoms with Gasteiger partial charge in [0.25, 0.3) is 5.56 Å². The summed E-state index contributed by atoms with van der Waals surface area (Å²) < 4.78 is 47.8. The highest BCUT2D eigenvalue weighted by Crippen LogP contribution is 2.48. The number of fused-ring (bicyclic) bond motifs is 1. The Labute approximate surface area is 195 Å². The molecule has 1 aromatic rings. The summed E-state index contributed by atoms with van der Waals surface area (Å²) in [5, 5.41) is 11.9. The maximum absolute atomic E-state index is 13.3. The number of rotatable bonds is 10. The van der Waals surface area contributed by atoms with Gasteiger partial charge >= 0.3 is 19.4 Å². The van der Waals surface area contributed by atoms with Crippen molar-refractivity contribution in [2.75, 3.05) is 20.3 Å². The molecule has 3 rings (SSSR count). The molecule has 1 aromatic heterocycles. The maximum atomic E-state index is 13.3. The van der Waals surface area contributed by atoms with E-state index < -0.39 is 74.0 Å². The number of carbonyl (C=O) groups excluding carboxylic acids is 1. The number of aliphatic hydroxyl groups is 1. The molecule has 0 radical (unpaired) electrons. The average Bonchev–Trinajstić information content (AvgIpc) is 3.22. The van der Waals surface area contributed by atoms with Crippen LogP contribution in [0.15, 0.2) is 21.9 Å². The van der Waals surface area contributed by atoms with Gasteiger partial charge in [-0.15, -0.1) is 0 Å². The number of hydrogen-bond acceptors (Lipinski definition) is 11. The van der Waals surface area contributed by atoms with E-state index in [9.17, 15) is 24.1 Å². The van der Waals surface area contributed by atoms with Crippen LogP contribution in [0.3, 0.4) is 0 Å². The van der Waals surface area contributed by atoms with Crippen LogP contribution in [0.2, 0.25) is 0 Å². The van der Waals surface area contributed by atoms with Crippen LogP contribution in [0, 0.1) is 0 Å². The zero-order valence-corrected chi connectivity index (χ0v) is 20.4. The first-order valence-electron chi connectivity index (χ1n) is 10.6. The number of nitrogens with zero attached hydrogens (tertiary/aromatic N) is 1. The molecule has 192 valence electrons. The van der Waals surface area contributed by atoms with Crippen molar-refractivity contribution >= 4 is 13.7 Å². The third-order valence-electron chi connectivity index (χ3n) is 4.99. The minimum Gasteiger partial charge on any atom is -0.468 e. The van der Waals surface area contributed by atoms with Gasteiger partial charge in [-0.1, -0.05) is 0 Å². The Morgan fingerprint density at radius 1 is 1.32 bits per heavy atom. The lowest BCUT2D eigenvalue weighted by molar-refractivity contribution is -0.200. The number of esters is 1. The van der Waals surface area contributed by atoms with Crippen molar-refractivity contribution < 1.29 is 42.5 Å². The number of H-pyrrole nitrogens is 1. The molecule has 0 bridgehead atoms. The number of methoxy groups -OCH3 is 1. The lowest BCUT2D eigenvalue weighted by Crippen LogP contribution is -2.40. The number of nitrogens with one attached hydrogen (secondary N) is 2. The fraction of sp³-hybridized carbons (Fsp3) is 0.737. The van der Waals surface area contributed by atoms with Gasteiger partial charge in [-0.2, -0.15) is 0 Å². The van der Waals surface area contributed by atoms with Crippen molar-refractivity contribution in [3.8, 4) is 0 Å². The van der Waals surface area contributed by atoms with Crippen LogP contribution in [0.5, 0.6) is 0 Å². The molecule has 2 saturated heterocycles. The zero-order valence-electron chi connectivity index (χ0n) is 19.5. The Kier molecular flexibility index (Phi) is 8.15. The van der Waals surface area contributed by atoms with Gasteiger partial charge in [-0.05, 0) is 27.7 Å². The second-order valence-corrected chi connectivity index (χ2v) is 10.2. The van der Waals surface area contributed by atoms with Crippen LogP contribution in [0.25, 0.3) is 0 Å². The lowest BCUT2D eigenvalue weighted by atomic mass is 10.1. The predicted octanol–water partition coefficient (Wildman–Crippen LogP) is -0.373. The highest BCUT2D eigenvalue weighted by Gasteiger charge is 2.56. The second kappa shape index (κ2) is 10.4. The fourth-order valence-electron chi connectivity index (χ4n) is 3.69. The van der Waals surface area contributed by atoms with E-state index in [1.54, 1.807) is 27.7 Å². The molecule has 6 atom stereocenters. The van der Waals surface area contributed by atoms with Crippen molar-refractivity contribution in [2.24, 2.45) is 0 Å². The van der Waals surface area contributed by atoms with Crippen LogP contribution in [0.1, 0.15) is 33.9 Å². The van der Waals surface area contributed by atoms with Crippen LogP contribution < -0.4 is 16.3 Å². The number of aromatic nitrogens is 2. The average molecular weight is 507 g/mol. The third kappa shape index (κ3) is 6.01. The summed E-state index contributed by atoms with van der Waals surface area (Å²) in [7, 11) is -3.03. The minimum atomic E-state index is -4.15. The van der Waals surface area contributed by atoms with Gasteiger partial charge in [0.05, 0.1) is 26.4 Å². The van der Waals surface area contributed by atoms with E-state index in [0.717, 1.165) is 11.7 Å². The molecule has 3 heterocycles. The first-order chi connectivity index (χ1) is 15.9. The van der Waals surface area contributed by atoms with Gasteiger partial charge in [-0.25, -0.2) is 14.4 Å². The molecular weight excluding hydrogens is 477 g/mol. The Hall–Kier alpha value is -1.90. The first kappa shape index (κ1) is 26.7. The molecule has 2 aliphatic rings. The molecule has 15 heteroatoms. The lowest BCUT2D eigenvalue weighted by Gasteiger charge is -2.27. The van der Waals surface area contributed by atoms with E-state index in [1.165, 1.54) is 12.3 Å².